The number of halogens is 2. The van der Waals surface area contributed by atoms with Crippen molar-refractivity contribution in [1.82, 2.24) is 15.2 Å². The van der Waals surface area contributed by atoms with Crippen LogP contribution in [-0.4, -0.2) is 9.78 Å². The molecular formula is C11H12BrClN4. The van der Waals surface area contributed by atoms with E-state index in [1.165, 1.54) is 0 Å². The van der Waals surface area contributed by atoms with Gasteiger partial charge in [0.25, 0.3) is 0 Å². The van der Waals surface area contributed by atoms with Crippen LogP contribution in [0.2, 0.25) is 5.02 Å². The number of hydrogen-bond acceptors (Lipinski definition) is 3. The third kappa shape index (κ3) is 2.69. The number of nitrogens with zero attached hydrogens (tertiary/aromatic N) is 2. The second-order valence-corrected chi connectivity index (χ2v) is 4.97. The van der Waals surface area contributed by atoms with E-state index in [2.05, 4.69) is 26.5 Å². The number of benzene rings is 1. The molecule has 1 aromatic heterocycles. The minimum Gasteiger partial charge on any atom is -0.275 e. The SMILES string of the molecule is Cn1ccc(C(NN)c2cc(Cl)ccc2Br)n1. The highest BCUT2D eigenvalue weighted by atomic mass is 79.9. The van der Waals surface area contributed by atoms with Gasteiger partial charge in [-0.3, -0.25) is 10.5 Å². The monoisotopic (exact) mass is 314 g/mol. The van der Waals surface area contributed by atoms with Crippen LogP contribution in [0.25, 0.3) is 0 Å². The van der Waals surface area contributed by atoms with Gasteiger partial charge in [-0.05, 0) is 29.8 Å². The summed E-state index contributed by atoms with van der Waals surface area (Å²) in [5.41, 5.74) is 4.55. The predicted octanol–water partition coefficient (Wildman–Crippen LogP) is 2.39. The minimum atomic E-state index is -0.190. The zero-order chi connectivity index (χ0) is 12.4. The Labute approximate surface area is 113 Å². The first-order valence-corrected chi connectivity index (χ1v) is 6.19. The molecule has 1 heterocycles. The Morgan fingerprint density at radius 1 is 1.47 bits per heavy atom. The summed E-state index contributed by atoms with van der Waals surface area (Å²) in [6, 6.07) is 7.30. The summed E-state index contributed by atoms with van der Waals surface area (Å²) in [5.74, 6) is 5.60. The van der Waals surface area contributed by atoms with E-state index in [0.29, 0.717) is 5.02 Å². The maximum absolute atomic E-state index is 6.00. The van der Waals surface area contributed by atoms with Gasteiger partial charge in [0.15, 0.2) is 0 Å². The first kappa shape index (κ1) is 12.6. The third-order valence-electron chi connectivity index (χ3n) is 2.47. The fourth-order valence-electron chi connectivity index (χ4n) is 1.66. The number of nitrogens with two attached hydrogens (primary N) is 1. The molecule has 1 aromatic carbocycles. The molecule has 1 atom stereocenters. The van der Waals surface area contributed by atoms with Crippen LogP contribution in [0.4, 0.5) is 0 Å². The summed E-state index contributed by atoms with van der Waals surface area (Å²) < 4.78 is 2.67. The topological polar surface area (TPSA) is 55.9 Å². The van der Waals surface area contributed by atoms with Gasteiger partial charge in [-0.25, -0.2) is 5.43 Å². The van der Waals surface area contributed by atoms with Crippen LogP contribution in [0.1, 0.15) is 17.3 Å². The lowest BCUT2D eigenvalue weighted by Gasteiger charge is -2.16. The van der Waals surface area contributed by atoms with Gasteiger partial charge in [-0.15, -0.1) is 0 Å². The maximum atomic E-state index is 6.00. The quantitative estimate of drug-likeness (QED) is 0.675. The fraction of sp³-hybridized carbons (Fsp3) is 0.182. The van der Waals surface area contributed by atoms with Crippen LogP contribution >= 0.6 is 27.5 Å². The van der Waals surface area contributed by atoms with Crippen molar-refractivity contribution in [1.29, 1.82) is 0 Å². The average Bonchev–Trinajstić information content (AvgIpc) is 2.71. The number of nitrogens with one attached hydrogen (secondary N) is 1. The van der Waals surface area contributed by atoms with Gasteiger partial charge in [-0.2, -0.15) is 5.10 Å². The second kappa shape index (κ2) is 5.18. The molecule has 2 rings (SSSR count). The van der Waals surface area contributed by atoms with Crippen LogP contribution in [0.5, 0.6) is 0 Å². The summed E-state index contributed by atoms with van der Waals surface area (Å²) in [4.78, 5) is 0. The molecule has 0 aliphatic carbocycles. The zero-order valence-electron chi connectivity index (χ0n) is 9.19. The largest absolute Gasteiger partial charge is 0.275 e. The lowest BCUT2D eigenvalue weighted by Crippen LogP contribution is -2.29. The summed E-state index contributed by atoms with van der Waals surface area (Å²) in [6.45, 7) is 0. The molecule has 0 saturated heterocycles. The van der Waals surface area contributed by atoms with Gasteiger partial charge in [0, 0.05) is 22.7 Å². The normalized spacial score (nSPS) is 12.7. The summed E-state index contributed by atoms with van der Waals surface area (Å²) in [6.07, 6.45) is 1.87. The smallest absolute Gasteiger partial charge is 0.0911 e. The molecule has 3 N–H and O–H groups in total. The molecule has 17 heavy (non-hydrogen) atoms. The second-order valence-electron chi connectivity index (χ2n) is 3.68. The van der Waals surface area contributed by atoms with Gasteiger partial charge in [-0.1, -0.05) is 27.5 Å². The Morgan fingerprint density at radius 2 is 2.24 bits per heavy atom. The van der Waals surface area contributed by atoms with Crippen molar-refractivity contribution in [2.24, 2.45) is 12.9 Å². The molecule has 2 aromatic rings. The van der Waals surface area contributed by atoms with Crippen molar-refractivity contribution in [2.45, 2.75) is 6.04 Å². The van der Waals surface area contributed by atoms with E-state index in [-0.39, 0.29) is 6.04 Å². The van der Waals surface area contributed by atoms with Crippen LogP contribution in [0, 0.1) is 0 Å². The predicted molar refractivity (Wildman–Crippen MR) is 71.5 cm³/mol. The van der Waals surface area contributed by atoms with Crippen molar-refractivity contribution >= 4 is 27.5 Å². The Balaban J connectivity index is 2.45. The van der Waals surface area contributed by atoms with Crippen molar-refractivity contribution < 1.29 is 0 Å². The molecule has 0 saturated carbocycles. The Morgan fingerprint density at radius 3 is 2.82 bits per heavy atom. The maximum Gasteiger partial charge on any atom is 0.0911 e. The number of aryl methyl sites for hydroxylation is 1. The van der Waals surface area contributed by atoms with E-state index in [9.17, 15) is 0 Å². The van der Waals surface area contributed by atoms with Gasteiger partial charge >= 0.3 is 0 Å². The fourth-order valence-corrected chi connectivity index (χ4v) is 2.31. The van der Waals surface area contributed by atoms with Crippen LogP contribution in [0.15, 0.2) is 34.9 Å². The minimum absolute atomic E-state index is 0.190. The molecule has 0 fully saturated rings. The molecule has 90 valence electrons. The number of aromatic nitrogens is 2. The molecule has 6 heteroatoms. The van der Waals surface area contributed by atoms with Crippen LogP contribution in [-0.2, 0) is 7.05 Å². The number of hydrogen-bond donors (Lipinski definition) is 2. The van der Waals surface area contributed by atoms with E-state index in [1.54, 1.807) is 4.68 Å². The lowest BCUT2D eigenvalue weighted by atomic mass is 10.0. The molecule has 0 aliphatic heterocycles. The lowest BCUT2D eigenvalue weighted by molar-refractivity contribution is 0.602. The molecule has 0 bridgehead atoms. The molecular weight excluding hydrogens is 304 g/mol. The molecule has 0 amide bonds. The highest BCUT2D eigenvalue weighted by Gasteiger charge is 2.18. The molecule has 1 unspecified atom stereocenters. The number of hydrazine groups is 1. The highest BCUT2D eigenvalue weighted by molar-refractivity contribution is 9.10. The summed E-state index contributed by atoms with van der Waals surface area (Å²) in [5, 5.41) is 5.01. The zero-order valence-corrected chi connectivity index (χ0v) is 11.5. The molecule has 4 nitrogen and oxygen atoms in total. The Hall–Kier alpha value is -0.880. The van der Waals surface area contributed by atoms with Gasteiger partial charge in [0.05, 0.1) is 11.7 Å². The van der Waals surface area contributed by atoms with Gasteiger partial charge in [0.2, 0.25) is 0 Å². The van der Waals surface area contributed by atoms with Gasteiger partial charge < -0.3 is 0 Å². The summed E-state index contributed by atoms with van der Waals surface area (Å²) >= 11 is 9.48. The van der Waals surface area contributed by atoms with Crippen LogP contribution in [0.3, 0.4) is 0 Å². The Kier molecular flexibility index (Phi) is 3.83. The van der Waals surface area contributed by atoms with E-state index in [1.807, 2.05) is 37.5 Å². The molecule has 0 aliphatic rings. The van der Waals surface area contributed by atoms with Crippen molar-refractivity contribution in [3.05, 3.63) is 51.2 Å². The average molecular weight is 316 g/mol. The van der Waals surface area contributed by atoms with E-state index in [0.717, 1.165) is 15.7 Å². The van der Waals surface area contributed by atoms with Crippen molar-refractivity contribution in [3.63, 3.8) is 0 Å². The van der Waals surface area contributed by atoms with Crippen molar-refractivity contribution in [2.75, 3.05) is 0 Å². The molecule has 0 radical (unpaired) electrons. The third-order valence-corrected chi connectivity index (χ3v) is 3.42. The molecule has 0 spiro atoms. The summed E-state index contributed by atoms with van der Waals surface area (Å²) in [7, 11) is 1.87. The highest BCUT2D eigenvalue weighted by Crippen LogP contribution is 2.29. The number of rotatable bonds is 3. The van der Waals surface area contributed by atoms with E-state index >= 15 is 0 Å². The first-order chi connectivity index (χ1) is 8.11. The van der Waals surface area contributed by atoms with Gasteiger partial charge in [0.1, 0.15) is 0 Å². The van der Waals surface area contributed by atoms with Crippen molar-refractivity contribution in [3.8, 4) is 0 Å². The Bertz CT molecular complexity index is 526. The van der Waals surface area contributed by atoms with Crippen LogP contribution < -0.4 is 11.3 Å². The van der Waals surface area contributed by atoms with E-state index in [4.69, 9.17) is 17.4 Å². The van der Waals surface area contributed by atoms with E-state index < -0.39 is 0 Å². The standard InChI is InChI=1S/C11H12BrClN4/c1-17-5-4-10(16-17)11(15-14)8-6-7(13)2-3-9(8)12/h2-6,11,15H,14H2,1H3. The first-order valence-electron chi connectivity index (χ1n) is 5.02.